The Bertz CT molecular complexity index is 1560. The van der Waals surface area contributed by atoms with E-state index in [1.807, 2.05) is 62.9 Å². The van der Waals surface area contributed by atoms with Crippen LogP contribution in [0.15, 0.2) is 65.2 Å². The monoisotopic (exact) mass is 602 g/mol. The lowest BCUT2D eigenvalue weighted by atomic mass is 10.00. The molecule has 0 saturated carbocycles. The number of amides is 1. The SMILES string of the molecule is COc1cc(C(=O)N(C(C)C)C(C)C)ccc1OCCCCOc1ccc2c(C(=O)C(N)Cc3ccccc3)noc2c1N. The Kier molecular flexibility index (Phi) is 10.8. The van der Waals surface area contributed by atoms with Crippen LogP contribution >= 0.6 is 0 Å². The number of ether oxygens (including phenoxy) is 3. The molecule has 0 aliphatic heterocycles. The van der Waals surface area contributed by atoms with Crippen molar-refractivity contribution in [3.8, 4) is 17.2 Å². The predicted molar refractivity (Wildman–Crippen MR) is 171 cm³/mol. The van der Waals surface area contributed by atoms with Crippen molar-refractivity contribution in [2.24, 2.45) is 5.73 Å². The van der Waals surface area contributed by atoms with Gasteiger partial charge in [-0.15, -0.1) is 0 Å². The molecule has 44 heavy (non-hydrogen) atoms. The highest BCUT2D eigenvalue weighted by Gasteiger charge is 2.25. The summed E-state index contributed by atoms with van der Waals surface area (Å²) in [5.74, 6) is 1.16. The van der Waals surface area contributed by atoms with Gasteiger partial charge < -0.3 is 35.1 Å². The van der Waals surface area contributed by atoms with E-state index in [0.29, 0.717) is 66.3 Å². The molecule has 1 amide bonds. The minimum atomic E-state index is -0.759. The van der Waals surface area contributed by atoms with Gasteiger partial charge in [0.05, 0.1) is 31.8 Å². The summed E-state index contributed by atoms with van der Waals surface area (Å²) >= 11 is 0. The molecule has 4 rings (SSSR count). The number of rotatable bonds is 15. The van der Waals surface area contributed by atoms with Crippen LogP contribution in [0.3, 0.4) is 0 Å². The largest absolute Gasteiger partial charge is 0.493 e. The number of nitrogens with zero attached hydrogens (tertiary/aromatic N) is 2. The Hall–Kier alpha value is -4.57. The molecule has 0 spiro atoms. The van der Waals surface area contributed by atoms with Gasteiger partial charge in [-0.1, -0.05) is 35.5 Å². The maximum Gasteiger partial charge on any atom is 0.254 e. The standard InChI is InChI=1S/C34H42N4O6/c1-21(2)38(22(3)4)34(40)24-13-15-27(29(20-24)41-5)42-17-9-10-18-43-28-16-14-25-31(37-44-33(25)30(28)36)32(39)26(35)19-23-11-7-6-8-12-23/h6-8,11-16,20-22,26H,9-10,17-19,35-36H2,1-5H3. The third-order valence-electron chi connectivity index (χ3n) is 7.32. The van der Waals surface area contributed by atoms with Crippen LogP contribution in [0.1, 0.15) is 66.9 Å². The van der Waals surface area contributed by atoms with Crippen molar-refractivity contribution >= 4 is 28.3 Å². The normalized spacial score (nSPS) is 12.0. The molecule has 4 aromatic rings. The van der Waals surface area contributed by atoms with Gasteiger partial charge in [-0.25, -0.2) is 0 Å². The lowest BCUT2D eigenvalue weighted by Gasteiger charge is -2.31. The molecule has 0 aliphatic carbocycles. The summed E-state index contributed by atoms with van der Waals surface area (Å²) in [5.41, 5.74) is 14.7. The number of unbranched alkanes of at least 4 members (excludes halogenated alkanes) is 1. The quantitative estimate of drug-likeness (QED) is 0.0999. The molecule has 0 aliphatic rings. The van der Waals surface area contributed by atoms with Gasteiger partial charge in [0, 0.05) is 17.6 Å². The number of nitrogen functional groups attached to an aromatic ring is 1. The van der Waals surface area contributed by atoms with Gasteiger partial charge in [0.15, 0.2) is 22.8 Å². The lowest BCUT2D eigenvalue weighted by Crippen LogP contribution is -2.42. The van der Waals surface area contributed by atoms with Gasteiger partial charge in [-0.3, -0.25) is 9.59 Å². The molecule has 0 radical (unpaired) electrons. The van der Waals surface area contributed by atoms with Gasteiger partial charge >= 0.3 is 0 Å². The summed E-state index contributed by atoms with van der Waals surface area (Å²) in [4.78, 5) is 27.9. The van der Waals surface area contributed by atoms with Crippen molar-refractivity contribution < 1.29 is 28.3 Å². The molecule has 0 fully saturated rings. The Morgan fingerprint density at radius 1 is 0.886 bits per heavy atom. The first-order valence-electron chi connectivity index (χ1n) is 14.9. The second kappa shape index (κ2) is 14.7. The number of Topliss-reactive ketones (excluding diaryl/α,β-unsaturated/α-hetero) is 1. The number of aromatic nitrogens is 1. The number of benzene rings is 3. The molecular weight excluding hydrogens is 560 g/mol. The summed E-state index contributed by atoms with van der Waals surface area (Å²) in [6.45, 7) is 8.83. The van der Waals surface area contributed by atoms with Gasteiger partial charge in [0.1, 0.15) is 11.4 Å². The first kappa shape index (κ1) is 32.3. The summed E-state index contributed by atoms with van der Waals surface area (Å²) < 4.78 is 22.8. The maximum atomic E-state index is 13.0. The van der Waals surface area contributed by atoms with Gasteiger partial charge in [0.25, 0.3) is 5.91 Å². The molecule has 1 aromatic heterocycles. The van der Waals surface area contributed by atoms with E-state index in [1.54, 1.807) is 37.4 Å². The third kappa shape index (κ3) is 7.49. The molecule has 0 saturated heterocycles. The molecular formula is C34H42N4O6. The summed E-state index contributed by atoms with van der Waals surface area (Å²) in [6.07, 6.45) is 1.80. The molecule has 1 heterocycles. The Morgan fingerprint density at radius 2 is 1.52 bits per heavy atom. The lowest BCUT2D eigenvalue weighted by molar-refractivity contribution is 0.0643. The number of ketones is 1. The molecule has 0 bridgehead atoms. The number of hydrogen-bond acceptors (Lipinski definition) is 9. The van der Waals surface area contributed by atoms with Crippen LogP contribution in [-0.4, -0.2) is 60.2 Å². The predicted octanol–water partition coefficient (Wildman–Crippen LogP) is 5.67. The van der Waals surface area contributed by atoms with Crippen molar-refractivity contribution in [2.45, 2.75) is 65.1 Å². The fraction of sp³-hybridized carbons (Fsp3) is 0.382. The fourth-order valence-corrected chi connectivity index (χ4v) is 5.15. The average molecular weight is 603 g/mol. The fourth-order valence-electron chi connectivity index (χ4n) is 5.15. The minimum Gasteiger partial charge on any atom is -0.493 e. The van der Waals surface area contributed by atoms with Crippen LogP contribution in [0.2, 0.25) is 0 Å². The first-order chi connectivity index (χ1) is 21.1. The Balaban J connectivity index is 1.28. The highest BCUT2D eigenvalue weighted by atomic mass is 16.5. The Morgan fingerprint density at radius 3 is 2.16 bits per heavy atom. The average Bonchev–Trinajstić information content (AvgIpc) is 3.44. The number of fused-ring (bicyclic) bond motifs is 1. The van der Waals surface area contributed by atoms with Crippen LogP contribution < -0.4 is 25.7 Å². The van der Waals surface area contributed by atoms with Gasteiger partial charge in [0.2, 0.25) is 5.78 Å². The molecule has 4 N–H and O–H groups in total. The number of hydrogen-bond donors (Lipinski definition) is 2. The van der Waals surface area contributed by atoms with E-state index in [1.165, 1.54) is 0 Å². The highest BCUT2D eigenvalue weighted by molar-refractivity contribution is 6.10. The van der Waals surface area contributed by atoms with E-state index in [-0.39, 0.29) is 35.2 Å². The second-order valence-electron chi connectivity index (χ2n) is 11.2. The second-order valence-corrected chi connectivity index (χ2v) is 11.2. The third-order valence-corrected chi connectivity index (χ3v) is 7.32. The zero-order chi connectivity index (χ0) is 31.8. The molecule has 10 nitrogen and oxygen atoms in total. The minimum absolute atomic E-state index is 0.0470. The van der Waals surface area contributed by atoms with Crippen LogP contribution in [0, 0.1) is 0 Å². The van der Waals surface area contributed by atoms with Crippen LogP contribution in [-0.2, 0) is 6.42 Å². The molecule has 10 heteroatoms. The molecule has 1 atom stereocenters. The van der Waals surface area contributed by atoms with Crippen molar-refractivity contribution in [1.29, 1.82) is 0 Å². The highest BCUT2D eigenvalue weighted by Crippen LogP contribution is 2.33. The number of carbonyl (C=O) groups excluding carboxylic acids is 2. The van der Waals surface area contributed by atoms with Crippen molar-refractivity contribution in [3.05, 3.63) is 77.5 Å². The van der Waals surface area contributed by atoms with Crippen LogP contribution in [0.4, 0.5) is 5.69 Å². The van der Waals surface area contributed by atoms with Crippen molar-refractivity contribution in [2.75, 3.05) is 26.1 Å². The maximum absolute atomic E-state index is 13.0. The van der Waals surface area contributed by atoms with Crippen molar-refractivity contribution in [3.63, 3.8) is 0 Å². The molecule has 234 valence electrons. The summed E-state index contributed by atoms with van der Waals surface area (Å²) in [7, 11) is 1.56. The number of methoxy groups -OCH3 is 1. The number of anilines is 1. The van der Waals surface area contributed by atoms with E-state index >= 15 is 0 Å². The number of carbonyl (C=O) groups is 2. The van der Waals surface area contributed by atoms with Gasteiger partial charge in [-0.05, 0) is 82.9 Å². The van der Waals surface area contributed by atoms with E-state index in [4.69, 9.17) is 30.2 Å². The van der Waals surface area contributed by atoms with E-state index in [2.05, 4.69) is 5.16 Å². The summed E-state index contributed by atoms with van der Waals surface area (Å²) in [5, 5.41) is 4.47. The van der Waals surface area contributed by atoms with Crippen LogP contribution in [0.5, 0.6) is 17.2 Å². The van der Waals surface area contributed by atoms with E-state index < -0.39 is 6.04 Å². The van der Waals surface area contributed by atoms with E-state index in [0.717, 1.165) is 5.56 Å². The Labute approximate surface area is 258 Å². The molecule has 1 unspecified atom stereocenters. The van der Waals surface area contributed by atoms with Gasteiger partial charge in [-0.2, -0.15) is 0 Å². The van der Waals surface area contributed by atoms with Crippen molar-refractivity contribution in [1.82, 2.24) is 10.1 Å². The van der Waals surface area contributed by atoms with E-state index in [9.17, 15) is 9.59 Å². The smallest absolute Gasteiger partial charge is 0.254 e. The molecule has 3 aromatic carbocycles. The first-order valence-corrected chi connectivity index (χ1v) is 14.9. The summed E-state index contributed by atoms with van der Waals surface area (Å²) in [6, 6.07) is 17.6. The number of nitrogens with two attached hydrogens (primary N) is 2. The topological polar surface area (TPSA) is 143 Å². The van der Waals surface area contributed by atoms with Crippen LogP contribution in [0.25, 0.3) is 11.0 Å². The zero-order valence-electron chi connectivity index (χ0n) is 26.0. The zero-order valence-corrected chi connectivity index (χ0v) is 26.0.